The van der Waals surface area contributed by atoms with Crippen molar-refractivity contribution < 1.29 is 18.6 Å². The first-order chi connectivity index (χ1) is 6.13. The van der Waals surface area contributed by atoms with Gasteiger partial charge >= 0.3 is 0 Å². The Labute approximate surface area is 79.9 Å². The Hall–Kier alpha value is -0.260. The molecule has 76 valence electrons. The summed E-state index contributed by atoms with van der Waals surface area (Å²) in [6.07, 6.45) is 3.89. The van der Waals surface area contributed by atoms with Crippen molar-refractivity contribution >= 4 is 16.9 Å². The number of hydrogen-bond donors (Lipinski definition) is 1. The molecular weight excluding hydrogens is 192 g/mol. The first-order valence-corrected chi connectivity index (χ1v) is 5.46. The first-order valence-electron chi connectivity index (χ1n) is 4.38. The van der Waals surface area contributed by atoms with E-state index >= 15 is 0 Å². The van der Waals surface area contributed by atoms with E-state index in [0.29, 0.717) is 12.8 Å². The number of hydrogen-bond acceptors (Lipinski definition) is 4. The zero-order valence-electron chi connectivity index (χ0n) is 7.62. The van der Waals surface area contributed by atoms with Crippen LogP contribution >= 0.6 is 0 Å². The van der Waals surface area contributed by atoms with Crippen molar-refractivity contribution in [1.82, 2.24) is 0 Å². The van der Waals surface area contributed by atoms with Crippen LogP contribution in [0, 0.1) is 0 Å². The van der Waals surface area contributed by atoms with Crippen LogP contribution in [0.5, 0.6) is 0 Å². The van der Waals surface area contributed by atoms with Gasteiger partial charge in [-0.15, -0.1) is 4.33 Å². The Balaban J connectivity index is 2.85. The Kier molecular flexibility index (Phi) is 3.58. The topological polar surface area (TPSA) is 63.6 Å². The maximum atomic E-state index is 11.3. The van der Waals surface area contributed by atoms with Crippen molar-refractivity contribution in [3.8, 4) is 0 Å². The molecule has 1 aliphatic rings. The lowest BCUT2D eigenvalue weighted by molar-refractivity contribution is -0.132. The lowest BCUT2D eigenvalue weighted by Gasteiger charge is -2.31. The summed E-state index contributed by atoms with van der Waals surface area (Å²) in [6, 6.07) is 0. The summed E-state index contributed by atoms with van der Waals surface area (Å²) in [5, 5.41) is 8.35. The SMILES string of the molecule is CC(=O)C1(S(=O)OO)CCCCC1. The van der Waals surface area contributed by atoms with Crippen LogP contribution in [0.15, 0.2) is 0 Å². The largest absolute Gasteiger partial charge is 0.298 e. The molecule has 0 saturated heterocycles. The van der Waals surface area contributed by atoms with E-state index in [1.165, 1.54) is 6.92 Å². The van der Waals surface area contributed by atoms with Gasteiger partial charge in [0.05, 0.1) is 0 Å². The van der Waals surface area contributed by atoms with Gasteiger partial charge in [0.2, 0.25) is 11.1 Å². The van der Waals surface area contributed by atoms with Crippen LogP contribution in [0.3, 0.4) is 0 Å². The standard InChI is InChI=1S/C8H14O4S/c1-7(9)8(13(11)12-10)5-3-2-4-6-8/h10H,2-6H2,1H3. The third kappa shape index (κ3) is 1.98. The summed E-state index contributed by atoms with van der Waals surface area (Å²) in [4.78, 5) is 11.3. The van der Waals surface area contributed by atoms with Gasteiger partial charge in [-0.2, -0.15) is 0 Å². The fourth-order valence-electron chi connectivity index (χ4n) is 1.83. The van der Waals surface area contributed by atoms with Gasteiger partial charge in [0.15, 0.2) is 5.78 Å². The summed E-state index contributed by atoms with van der Waals surface area (Å²) in [6.45, 7) is 1.40. The van der Waals surface area contributed by atoms with Crippen molar-refractivity contribution in [3.63, 3.8) is 0 Å². The van der Waals surface area contributed by atoms with Crippen LogP contribution in [0.1, 0.15) is 39.0 Å². The van der Waals surface area contributed by atoms with E-state index in [2.05, 4.69) is 4.33 Å². The second kappa shape index (κ2) is 4.30. The molecule has 0 bridgehead atoms. The molecule has 0 spiro atoms. The second-order valence-corrected chi connectivity index (χ2v) is 4.82. The molecule has 1 rings (SSSR count). The van der Waals surface area contributed by atoms with Crippen LogP contribution in [0.4, 0.5) is 0 Å². The Morgan fingerprint density at radius 1 is 1.38 bits per heavy atom. The number of rotatable bonds is 3. The Morgan fingerprint density at radius 3 is 2.31 bits per heavy atom. The molecular formula is C8H14O4S. The summed E-state index contributed by atoms with van der Waals surface area (Å²) >= 11 is -1.90. The molecule has 0 radical (unpaired) electrons. The monoisotopic (exact) mass is 206 g/mol. The smallest absolute Gasteiger partial charge is 0.201 e. The fourth-order valence-corrected chi connectivity index (χ4v) is 2.83. The molecule has 0 aliphatic heterocycles. The zero-order valence-corrected chi connectivity index (χ0v) is 8.43. The number of carbonyl (C=O) groups excluding carboxylic acids is 1. The lowest BCUT2D eigenvalue weighted by Crippen LogP contribution is -2.43. The van der Waals surface area contributed by atoms with Crippen molar-refractivity contribution in [2.24, 2.45) is 0 Å². The Morgan fingerprint density at radius 2 is 1.92 bits per heavy atom. The highest BCUT2D eigenvalue weighted by atomic mass is 32.2. The van der Waals surface area contributed by atoms with E-state index < -0.39 is 15.8 Å². The van der Waals surface area contributed by atoms with Crippen LogP contribution in [-0.4, -0.2) is 20.0 Å². The highest BCUT2D eigenvalue weighted by molar-refractivity contribution is 7.82. The van der Waals surface area contributed by atoms with Crippen LogP contribution < -0.4 is 0 Å². The summed E-state index contributed by atoms with van der Waals surface area (Å²) < 4.78 is 14.2. The van der Waals surface area contributed by atoms with Crippen LogP contribution in [-0.2, 0) is 20.2 Å². The molecule has 0 amide bonds. The van der Waals surface area contributed by atoms with Crippen molar-refractivity contribution in [1.29, 1.82) is 0 Å². The predicted molar refractivity (Wildman–Crippen MR) is 48.4 cm³/mol. The molecule has 1 N–H and O–H groups in total. The molecule has 1 aliphatic carbocycles. The van der Waals surface area contributed by atoms with Gasteiger partial charge in [-0.1, -0.05) is 19.3 Å². The van der Waals surface area contributed by atoms with Gasteiger partial charge in [0.1, 0.15) is 4.75 Å². The van der Waals surface area contributed by atoms with Gasteiger partial charge in [-0.3, -0.25) is 4.79 Å². The quantitative estimate of drug-likeness (QED) is 0.560. The number of Topliss-reactive ketones (excluding diaryl/α,β-unsaturated/α-hetero) is 1. The molecule has 13 heavy (non-hydrogen) atoms. The molecule has 5 heteroatoms. The van der Waals surface area contributed by atoms with Gasteiger partial charge < -0.3 is 0 Å². The minimum Gasteiger partial charge on any atom is -0.298 e. The van der Waals surface area contributed by atoms with E-state index in [1.807, 2.05) is 0 Å². The van der Waals surface area contributed by atoms with Crippen molar-refractivity contribution in [3.05, 3.63) is 0 Å². The highest BCUT2D eigenvalue weighted by Crippen LogP contribution is 2.34. The fraction of sp³-hybridized carbons (Fsp3) is 0.875. The first kappa shape index (κ1) is 10.8. The minimum atomic E-state index is -1.90. The van der Waals surface area contributed by atoms with Crippen LogP contribution in [0.2, 0.25) is 0 Å². The van der Waals surface area contributed by atoms with Crippen LogP contribution in [0.25, 0.3) is 0 Å². The summed E-state index contributed by atoms with van der Waals surface area (Å²) in [5.41, 5.74) is 0. The maximum absolute atomic E-state index is 11.3. The van der Waals surface area contributed by atoms with E-state index in [4.69, 9.17) is 5.26 Å². The van der Waals surface area contributed by atoms with Crippen molar-refractivity contribution in [2.45, 2.75) is 43.8 Å². The van der Waals surface area contributed by atoms with E-state index in [-0.39, 0.29) is 5.78 Å². The molecule has 4 nitrogen and oxygen atoms in total. The van der Waals surface area contributed by atoms with E-state index in [0.717, 1.165) is 19.3 Å². The Bertz CT molecular complexity index is 220. The molecule has 0 aromatic rings. The molecule has 0 aromatic heterocycles. The van der Waals surface area contributed by atoms with E-state index in [1.54, 1.807) is 0 Å². The second-order valence-electron chi connectivity index (χ2n) is 3.42. The van der Waals surface area contributed by atoms with E-state index in [9.17, 15) is 9.00 Å². The number of carbonyl (C=O) groups is 1. The lowest BCUT2D eigenvalue weighted by atomic mass is 9.86. The average Bonchev–Trinajstić information content (AvgIpc) is 2.17. The summed E-state index contributed by atoms with van der Waals surface area (Å²) in [5.74, 6) is -0.153. The predicted octanol–water partition coefficient (Wildman–Crippen LogP) is 1.43. The highest BCUT2D eigenvalue weighted by Gasteiger charge is 2.44. The minimum absolute atomic E-state index is 0.153. The number of ketones is 1. The van der Waals surface area contributed by atoms with Crippen molar-refractivity contribution in [2.75, 3.05) is 0 Å². The molecule has 1 atom stereocenters. The summed E-state index contributed by atoms with van der Waals surface area (Å²) in [7, 11) is 0. The molecule has 1 fully saturated rings. The third-order valence-corrected chi connectivity index (χ3v) is 4.16. The van der Waals surface area contributed by atoms with Gasteiger partial charge in [-0.05, 0) is 19.8 Å². The molecule has 1 unspecified atom stereocenters. The normalized spacial score (nSPS) is 23.8. The average molecular weight is 206 g/mol. The molecule has 0 aromatic carbocycles. The van der Waals surface area contributed by atoms with Gasteiger partial charge in [0, 0.05) is 0 Å². The van der Waals surface area contributed by atoms with Gasteiger partial charge in [-0.25, -0.2) is 9.47 Å². The zero-order chi connectivity index (χ0) is 9.90. The molecule has 1 saturated carbocycles. The maximum Gasteiger partial charge on any atom is 0.201 e. The molecule has 0 heterocycles. The third-order valence-electron chi connectivity index (χ3n) is 2.69. The van der Waals surface area contributed by atoms with Gasteiger partial charge in [0.25, 0.3) is 0 Å².